The fourth-order valence-electron chi connectivity index (χ4n) is 3.84. The topological polar surface area (TPSA) is 9.23 Å². The number of ether oxygens (including phenoxy) is 1. The predicted octanol–water partition coefficient (Wildman–Crippen LogP) is 4.59. The molecule has 0 N–H and O–H groups in total. The zero-order chi connectivity index (χ0) is 14.7. The van der Waals surface area contributed by atoms with Gasteiger partial charge in [0, 0.05) is 18.2 Å². The molecular formula is C19H26NO+. The van der Waals surface area contributed by atoms with Gasteiger partial charge in [-0.15, -0.1) is 0 Å². The summed E-state index contributed by atoms with van der Waals surface area (Å²) in [7, 11) is 0. The highest BCUT2D eigenvalue weighted by Gasteiger charge is 2.41. The van der Waals surface area contributed by atoms with Crippen LogP contribution in [0.3, 0.4) is 0 Å². The molecule has 2 aromatic carbocycles. The average Bonchev–Trinajstić information content (AvgIpc) is 2.91. The van der Waals surface area contributed by atoms with Gasteiger partial charge in [-0.25, -0.2) is 0 Å². The second-order valence-corrected chi connectivity index (χ2v) is 6.17. The van der Waals surface area contributed by atoms with E-state index < -0.39 is 0 Å². The van der Waals surface area contributed by atoms with Crippen LogP contribution in [0, 0.1) is 0 Å². The molecule has 0 aromatic heterocycles. The van der Waals surface area contributed by atoms with Crippen LogP contribution in [0.4, 0.5) is 0 Å². The third-order valence-corrected chi connectivity index (χ3v) is 4.98. The normalized spacial score (nSPS) is 25.3. The van der Waals surface area contributed by atoms with Crippen LogP contribution in [0.2, 0.25) is 0 Å². The van der Waals surface area contributed by atoms with E-state index in [2.05, 4.69) is 56.3 Å². The SMILES string of the molecule is CCC[N+]1(CC)CCCC1Oc1cccc2ccccc12. The minimum absolute atomic E-state index is 0.320. The summed E-state index contributed by atoms with van der Waals surface area (Å²) in [6.45, 7) is 8.25. The van der Waals surface area contributed by atoms with E-state index in [0.29, 0.717) is 6.23 Å². The van der Waals surface area contributed by atoms with E-state index in [1.165, 1.54) is 49.7 Å². The van der Waals surface area contributed by atoms with Gasteiger partial charge in [-0.3, -0.25) is 4.48 Å². The number of likely N-dealkylation sites (tertiary alicyclic amines) is 1. The Labute approximate surface area is 127 Å². The molecule has 0 radical (unpaired) electrons. The van der Waals surface area contributed by atoms with Crippen molar-refractivity contribution in [2.75, 3.05) is 19.6 Å². The number of quaternary nitrogens is 1. The summed E-state index contributed by atoms with van der Waals surface area (Å²) in [5, 5.41) is 2.50. The quantitative estimate of drug-likeness (QED) is 0.730. The first-order valence-electron chi connectivity index (χ1n) is 8.29. The third-order valence-electron chi connectivity index (χ3n) is 4.98. The first-order valence-corrected chi connectivity index (χ1v) is 8.29. The van der Waals surface area contributed by atoms with Crippen LogP contribution in [0.15, 0.2) is 42.5 Å². The molecule has 0 aliphatic carbocycles. The van der Waals surface area contributed by atoms with Gasteiger partial charge in [-0.2, -0.15) is 0 Å². The van der Waals surface area contributed by atoms with E-state index in [9.17, 15) is 0 Å². The summed E-state index contributed by atoms with van der Waals surface area (Å²) < 4.78 is 7.64. The van der Waals surface area contributed by atoms with E-state index in [4.69, 9.17) is 4.74 Å². The summed E-state index contributed by atoms with van der Waals surface area (Å²) in [5.74, 6) is 1.05. The lowest BCUT2D eigenvalue weighted by Gasteiger charge is -2.38. The average molecular weight is 284 g/mol. The monoisotopic (exact) mass is 284 g/mol. The molecule has 0 bridgehead atoms. The highest BCUT2D eigenvalue weighted by molar-refractivity contribution is 5.88. The second-order valence-electron chi connectivity index (χ2n) is 6.17. The third kappa shape index (κ3) is 2.65. The lowest BCUT2D eigenvalue weighted by molar-refractivity contribution is -0.954. The Kier molecular flexibility index (Phi) is 4.16. The summed E-state index contributed by atoms with van der Waals surface area (Å²) in [6, 6.07) is 14.9. The molecule has 112 valence electrons. The molecule has 3 rings (SSSR count). The molecule has 2 unspecified atom stereocenters. The number of benzene rings is 2. The van der Waals surface area contributed by atoms with Crippen LogP contribution in [-0.4, -0.2) is 30.3 Å². The number of nitrogens with zero attached hydrogens (tertiary/aromatic N) is 1. The molecule has 1 saturated heterocycles. The van der Waals surface area contributed by atoms with Gasteiger partial charge in [0.1, 0.15) is 5.75 Å². The number of rotatable bonds is 5. The van der Waals surface area contributed by atoms with Crippen molar-refractivity contribution in [1.82, 2.24) is 0 Å². The molecular weight excluding hydrogens is 258 g/mol. The Balaban J connectivity index is 1.91. The van der Waals surface area contributed by atoms with Crippen molar-refractivity contribution in [2.45, 2.75) is 39.3 Å². The van der Waals surface area contributed by atoms with Crippen LogP contribution >= 0.6 is 0 Å². The first-order chi connectivity index (χ1) is 10.3. The van der Waals surface area contributed by atoms with Gasteiger partial charge in [0.25, 0.3) is 0 Å². The molecule has 1 heterocycles. The molecule has 1 aliphatic rings. The van der Waals surface area contributed by atoms with Crippen LogP contribution < -0.4 is 4.74 Å². The lowest BCUT2D eigenvalue weighted by atomic mass is 10.1. The van der Waals surface area contributed by atoms with E-state index in [-0.39, 0.29) is 0 Å². The number of hydrogen-bond donors (Lipinski definition) is 0. The van der Waals surface area contributed by atoms with Gasteiger partial charge in [0.15, 0.2) is 0 Å². The van der Waals surface area contributed by atoms with E-state index >= 15 is 0 Å². The largest absolute Gasteiger partial charge is 0.442 e. The maximum absolute atomic E-state index is 6.52. The first kappa shape index (κ1) is 14.4. The Morgan fingerprint density at radius 2 is 1.90 bits per heavy atom. The van der Waals surface area contributed by atoms with Gasteiger partial charge in [0.2, 0.25) is 6.23 Å². The molecule has 21 heavy (non-hydrogen) atoms. The van der Waals surface area contributed by atoms with Crippen molar-refractivity contribution >= 4 is 10.8 Å². The standard InChI is InChI=1S/C19H26NO/c1-3-14-20(4-2)15-8-13-19(20)21-18-12-7-10-16-9-5-6-11-17(16)18/h5-7,9-12,19H,3-4,8,13-15H2,1-2H3/q+1. The molecule has 0 amide bonds. The second kappa shape index (κ2) is 6.07. The fourth-order valence-corrected chi connectivity index (χ4v) is 3.84. The number of fused-ring (bicyclic) bond motifs is 1. The fraction of sp³-hybridized carbons (Fsp3) is 0.474. The van der Waals surface area contributed by atoms with E-state index in [1.807, 2.05) is 0 Å². The van der Waals surface area contributed by atoms with Crippen LogP contribution in [0.1, 0.15) is 33.1 Å². The molecule has 2 aromatic rings. The van der Waals surface area contributed by atoms with Gasteiger partial charge in [-0.1, -0.05) is 43.3 Å². The maximum atomic E-state index is 6.52. The van der Waals surface area contributed by atoms with Crippen molar-refractivity contribution < 1.29 is 9.22 Å². The lowest BCUT2D eigenvalue weighted by Crippen LogP contribution is -2.54. The Morgan fingerprint density at radius 3 is 2.71 bits per heavy atom. The van der Waals surface area contributed by atoms with Crippen molar-refractivity contribution in [1.29, 1.82) is 0 Å². The van der Waals surface area contributed by atoms with Crippen molar-refractivity contribution in [3.8, 4) is 5.75 Å². The molecule has 1 fully saturated rings. The molecule has 1 aliphatic heterocycles. The van der Waals surface area contributed by atoms with Crippen molar-refractivity contribution in [3.05, 3.63) is 42.5 Å². The zero-order valence-electron chi connectivity index (χ0n) is 13.2. The summed E-state index contributed by atoms with van der Waals surface area (Å²) in [4.78, 5) is 0. The Hall–Kier alpha value is -1.54. The van der Waals surface area contributed by atoms with Gasteiger partial charge in [-0.05, 0) is 24.8 Å². The minimum atomic E-state index is 0.320. The number of hydrogen-bond acceptors (Lipinski definition) is 1. The molecule has 2 nitrogen and oxygen atoms in total. The van der Waals surface area contributed by atoms with Crippen LogP contribution in [0.5, 0.6) is 5.75 Å². The van der Waals surface area contributed by atoms with Gasteiger partial charge >= 0.3 is 0 Å². The van der Waals surface area contributed by atoms with E-state index in [0.717, 1.165) is 10.2 Å². The van der Waals surface area contributed by atoms with Gasteiger partial charge in [0.05, 0.1) is 19.6 Å². The van der Waals surface area contributed by atoms with Crippen LogP contribution in [-0.2, 0) is 0 Å². The highest BCUT2D eigenvalue weighted by atomic mass is 16.5. The predicted molar refractivity (Wildman–Crippen MR) is 88.4 cm³/mol. The van der Waals surface area contributed by atoms with Crippen molar-refractivity contribution in [2.24, 2.45) is 0 Å². The highest BCUT2D eigenvalue weighted by Crippen LogP contribution is 2.33. The minimum Gasteiger partial charge on any atom is -0.442 e. The molecule has 2 heteroatoms. The Bertz CT molecular complexity index is 604. The smallest absolute Gasteiger partial charge is 0.233 e. The van der Waals surface area contributed by atoms with Crippen LogP contribution in [0.25, 0.3) is 10.8 Å². The van der Waals surface area contributed by atoms with Crippen molar-refractivity contribution in [3.63, 3.8) is 0 Å². The van der Waals surface area contributed by atoms with Gasteiger partial charge < -0.3 is 4.74 Å². The maximum Gasteiger partial charge on any atom is 0.233 e. The molecule has 2 atom stereocenters. The summed E-state index contributed by atoms with van der Waals surface area (Å²) in [6.07, 6.45) is 4.00. The summed E-state index contributed by atoms with van der Waals surface area (Å²) in [5.41, 5.74) is 0. The zero-order valence-corrected chi connectivity index (χ0v) is 13.2. The summed E-state index contributed by atoms with van der Waals surface area (Å²) >= 11 is 0. The van der Waals surface area contributed by atoms with E-state index in [1.54, 1.807) is 0 Å². The molecule has 0 spiro atoms. The Morgan fingerprint density at radius 1 is 1.10 bits per heavy atom. The molecule has 0 saturated carbocycles.